The standard InChI is InChI=1S/C66H80N2/c1-45(2)47-19-29-53(30-20-47)67(55-33-23-49(24-34-55)63(5,6)7)61-57-37-27-51(65(11)39-15-13-16-40-65)43-59(57)62(60-44-52(28-38-58(60)61)66(12)41-17-14-18-42-66)68(54-31-21-48(22-32-54)46(3)4)56-35-25-50(26-36-56)64(8,9)10/h19-38,43-46H,13-18,39-42H2,1-12H3. The van der Waals surface area contributed by atoms with Gasteiger partial charge in [-0.1, -0.05) is 194 Å². The van der Waals surface area contributed by atoms with E-state index in [4.69, 9.17) is 0 Å². The van der Waals surface area contributed by atoms with E-state index >= 15 is 0 Å². The number of nitrogens with zero attached hydrogens (tertiary/aromatic N) is 2. The molecule has 2 heteroatoms. The largest absolute Gasteiger partial charge is 0.309 e. The van der Waals surface area contributed by atoms with Crippen molar-refractivity contribution >= 4 is 55.7 Å². The Morgan fingerprint density at radius 3 is 0.956 bits per heavy atom. The number of rotatable bonds is 10. The van der Waals surface area contributed by atoms with E-state index in [0.29, 0.717) is 11.8 Å². The summed E-state index contributed by atoms with van der Waals surface area (Å²) in [5, 5.41) is 5.17. The molecule has 0 unspecified atom stereocenters. The summed E-state index contributed by atoms with van der Waals surface area (Å²) in [5.74, 6) is 0.891. The molecule has 9 rings (SSSR count). The van der Waals surface area contributed by atoms with Crippen LogP contribution < -0.4 is 9.80 Å². The van der Waals surface area contributed by atoms with E-state index in [0.717, 1.165) is 0 Å². The van der Waals surface area contributed by atoms with Crippen molar-refractivity contribution < 1.29 is 0 Å². The summed E-state index contributed by atoms with van der Waals surface area (Å²) in [6.07, 6.45) is 12.7. The summed E-state index contributed by atoms with van der Waals surface area (Å²) in [5.41, 5.74) is 15.9. The average Bonchev–Trinajstić information content (AvgIpc) is 3.32. The van der Waals surface area contributed by atoms with E-state index < -0.39 is 0 Å². The lowest BCUT2D eigenvalue weighted by molar-refractivity contribution is 0.320. The van der Waals surface area contributed by atoms with E-state index in [2.05, 4.69) is 226 Å². The Balaban J connectivity index is 1.45. The molecule has 0 radical (unpaired) electrons. The molecule has 7 aromatic carbocycles. The second-order valence-electron chi connectivity index (χ2n) is 24.2. The Bertz CT molecular complexity index is 2770. The molecule has 2 aliphatic carbocycles. The van der Waals surface area contributed by atoms with Gasteiger partial charge in [0, 0.05) is 44.3 Å². The highest BCUT2D eigenvalue weighted by molar-refractivity contribution is 6.23. The zero-order valence-electron chi connectivity index (χ0n) is 43.8. The molecule has 7 aromatic rings. The first kappa shape index (κ1) is 47.7. The molecule has 0 heterocycles. The van der Waals surface area contributed by atoms with Crippen molar-refractivity contribution in [1.82, 2.24) is 0 Å². The smallest absolute Gasteiger partial charge is 0.0620 e. The molecule has 0 aromatic heterocycles. The summed E-state index contributed by atoms with van der Waals surface area (Å²) in [6, 6.07) is 53.3. The zero-order chi connectivity index (χ0) is 48.2. The third-order valence-corrected chi connectivity index (χ3v) is 16.4. The summed E-state index contributed by atoms with van der Waals surface area (Å²) >= 11 is 0. The SMILES string of the molecule is CC(C)c1ccc(N(c2ccc(C(C)(C)C)cc2)c2c3ccc(C4(C)CCCCC4)cc3c(N(c3ccc(C(C)C)cc3)c3ccc(C(C)(C)C)cc3)c3cc(C4(C)CCCCC4)ccc23)cc1. The quantitative estimate of drug-likeness (QED) is 0.0997. The lowest BCUT2D eigenvalue weighted by Gasteiger charge is -2.37. The highest BCUT2D eigenvalue weighted by Gasteiger charge is 2.34. The van der Waals surface area contributed by atoms with Crippen LogP contribution in [-0.2, 0) is 21.7 Å². The first-order valence-corrected chi connectivity index (χ1v) is 26.4. The van der Waals surface area contributed by atoms with Crippen LogP contribution in [0.25, 0.3) is 21.5 Å². The molecule has 0 saturated heterocycles. The minimum absolute atomic E-state index is 0.0416. The molecule has 0 atom stereocenters. The lowest BCUT2D eigenvalue weighted by Crippen LogP contribution is -2.25. The van der Waals surface area contributed by atoms with Gasteiger partial charge in [0.15, 0.2) is 0 Å². The number of fused-ring (bicyclic) bond motifs is 2. The normalized spacial score (nSPS) is 16.4. The molecule has 0 bridgehead atoms. The van der Waals surface area contributed by atoms with Crippen molar-refractivity contribution in [2.75, 3.05) is 9.80 Å². The van der Waals surface area contributed by atoms with Crippen molar-refractivity contribution in [2.45, 2.75) is 181 Å². The Morgan fingerprint density at radius 2 is 0.662 bits per heavy atom. The van der Waals surface area contributed by atoms with Crippen molar-refractivity contribution in [3.05, 3.63) is 167 Å². The van der Waals surface area contributed by atoms with E-state index in [-0.39, 0.29) is 21.7 Å². The van der Waals surface area contributed by atoms with Crippen LogP contribution in [0.1, 0.15) is 193 Å². The molecular formula is C66H80N2. The second-order valence-corrected chi connectivity index (χ2v) is 24.2. The molecule has 2 fully saturated rings. The summed E-state index contributed by atoms with van der Waals surface area (Å²) in [6.45, 7) is 28.2. The lowest BCUT2D eigenvalue weighted by atomic mass is 9.70. The van der Waals surface area contributed by atoms with Crippen LogP contribution >= 0.6 is 0 Å². The maximum Gasteiger partial charge on any atom is 0.0620 e. The van der Waals surface area contributed by atoms with Gasteiger partial charge in [-0.15, -0.1) is 0 Å². The summed E-state index contributed by atoms with van der Waals surface area (Å²) in [7, 11) is 0. The van der Waals surface area contributed by atoms with Crippen LogP contribution in [0.4, 0.5) is 34.1 Å². The Morgan fingerprint density at radius 1 is 0.368 bits per heavy atom. The van der Waals surface area contributed by atoms with Crippen LogP contribution in [0.3, 0.4) is 0 Å². The third-order valence-electron chi connectivity index (χ3n) is 16.4. The maximum absolute atomic E-state index is 2.65. The Kier molecular flexibility index (Phi) is 13.0. The minimum atomic E-state index is 0.0416. The van der Waals surface area contributed by atoms with Crippen LogP contribution in [0.2, 0.25) is 0 Å². The number of hydrogen-bond donors (Lipinski definition) is 0. The predicted molar refractivity (Wildman–Crippen MR) is 297 cm³/mol. The molecule has 2 aliphatic rings. The van der Waals surface area contributed by atoms with Gasteiger partial charge in [-0.2, -0.15) is 0 Å². The monoisotopic (exact) mass is 901 g/mol. The first-order chi connectivity index (χ1) is 32.3. The Labute approximate surface area is 411 Å². The van der Waals surface area contributed by atoms with Crippen molar-refractivity contribution in [3.8, 4) is 0 Å². The molecule has 0 amide bonds. The van der Waals surface area contributed by atoms with Crippen molar-refractivity contribution in [3.63, 3.8) is 0 Å². The third kappa shape index (κ3) is 9.26. The van der Waals surface area contributed by atoms with E-state index in [9.17, 15) is 0 Å². The average molecular weight is 901 g/mol. The van der Waals surface area contributed by atoms with Crippen molar-refractivity contribution in [2.24, 2.45) is 0 Å². The molecule has 354 valence electrons. The van der Waals surface area contributed by atoms with Crippen LogP contribution in [0.15, 0.2) is 133 Å². The van der Waals surface area contributed by atoms with Gasteiger partial charge in [0.1, 0.15) is 0 Å². The van der Waals surface area contributed by atoms with E-state index in [1.54, 1.807) is 0 Å². The zero-order valence-corrected chi connectivity index (χ0v) is 43.8. The van der Waals surface area contributed by atoms with Gasteiger partial charge in [0.2, 0.25) is 0 Å². The molecular weight excluding hydrogens is 821 g/mol. The minimum Gasteiger partial charge on any atom is -0.309 e. The fourth-order valence-electron chi connectivity index (χ4n) is 11.7. The topological polar surface area (TPSA) is 6.48 Å². The van der Waals surface area contributed by atoms with Gasteiger partial charge in [-0.3, -0.25) is 0 Å². The van der Waals surface area contributed by atoms with Gasteiger partial charge >= 0.3 is 0 Å². The number of anilines is 6. The summed E-state index contributed by atoms with van der Waals surface area (Å²) in [4.78, 5) is 5.22. The summed E-state index contributed by atoms with van der Waals surface area (Å²) < 4.78 is 0. The molecule has 0 spiro atoms. The van der Waals surface area contributed by atoms with E-state index in [1.165, 1.54) is 153 Å². The molecule has 0 N–H and O–H groups in total. The number of benzene rings is 7. The molecule has 2 saturated carbocycles. The van der Waals surface area contributed by atoms with E-state index in [1.807, 2.05) is 0 Å². The second kappa shape index (κ2) is 18.5. The van der Waals surface area contributed by atoms with Gasteiger partial charge < -0.3 is 9.80 Å². The van der Waals surface area contributed by atoms with Crippen LogP contribution in [-0.4, -0.2) is 0 Å². The highest BCUT2D eigenvalue weighted by Crippen LogP contribution is 2.54. The number of hydrogen-bond acceptors (Lipinski definition) is 2. The maximum atomic E-state index is 2.65. The first-order valence-electron chi connectivity index (χ1n) is 26.4. The van der Waals surface area contributed by atoms with Crippen LogP contribution in [0, 0.1) is 0 Å². The molecule has 2 nitrogen and oxygen atoms in total. The van der Waals surface area contributed by atoms with Crippen LogP contribution in [0.5, 0.6) is 0 Å². The van der Waals surface area contributed by atoms with Gasteiger partial charge in [0.05, 0.1) is 11.4 Å². The van der Waals surface area contributed by atoms with Crippen molar-refractivity contribution in [1.29, 1.82) is 0 Å². The molecule has 68 heavy (non-hydrogen) atoms. The predicted octanol–water partition coefficient (Wildman–Crippen LogP) is 20.2. The van der Waals surface area contributed by atoms with Gasteiger partial charge in [-0.05, 0) is 153 Å². The molecule has 0 aliphatic heterocycles. The van der Waals surface area contributed by atoms with Gasteiger partial charge in [0.25, 0.3) is 0 Å². The fraction of sp³-hybridized carbons (Fsp3) is 0.424. The van der Waals surface area contributed by atoms with Gasteiger partial charge in [-0.25, -0.2) is 0 Å². The Hall–Kier alpha value is -5.34. The highest BCUT2D eigenvalue weighted by atomic mass is 15.2. The fourth-order valence-corrected chi connectivity index (χ4v) is 11.7.